The van der Waals surface area contributed by atoms with Crippen LogP contribution in [0, 0.1) is 0 Å². The highest BCUT2D eigenvalue weighted by Crippen LogP contribution is 2.25. The zero-order chi connectivity index (χ0) is 16.7. The number of aromatic nitrogens is 3. The molecule has 0 amide bonds. The van der Waals surface area contributed by atoms with Crippen molar-refractivity contribution in [3.63, 3.8) is 0 Å². The molecule has 0 saturated carbocycles. The van der Waals surface area contributed by atoms with Crippen LogP contribution in [0.2, 0.25) is 5.02 Å². The molecular weight excluding hydrogens is 338 g/mol. The van der Waals surface area contributed by atoms with Crippen LogP contribution in [0.3, 0.4) is 0 Å². The van der Waals surface area contributed by atoms with Crippen molar-refractivity contribution in [3.05, 3.63) is 29.3 Å². The van der Waals surface area contributed by atoms with Crippen molar-refractivity contribution in [2.75, 3.05) is 26.1 Å². The van der Waals surface area contributed by atoms with Crippen molar-refractivity contribution in [1.29, 1.82) is 0 Å². The van der Waals surface area contributed by atoms with Gasteiger partial charge in [-0.05, 0) is 31.2 Å². The minimum Gasteiger partial charge on any atom is -0.465 e. The molecule has 6 nitrogen and oxygen atoms in total. The van der Waals surface area contributed by atoms with Gasteiger partial charge in [-0.1, -0.05) is 23.4 Å². The number of thioether (sulfide) groups is 1. The van der Waals surface area contributed by atoms with Gasteiger partial charge in [-0.15, -0.1) is 10.2 Å². The Bertz CT molecular complexity index is 646. The number of hydrogen-bond acceptors (Lipinski definition) is 6. The van der Waals surface area contributed by atoms with Crippen LogP contribution < -0.4 is 0 Å². The van der Waals surface area contributed by atoms with E-state index in [-0.39, 0.29) is 11.7 Å². The van der Waals surface area contributed by atoms with Crippen LogP contribution in [0.25, 0.3) is 11.4 Å². The van der Waals surface area contributed by atoms with Crippen molar-refractivity contribution in [3.8, 4) is 11.4 Å². The van der Waals surface area contributed by atoms with Gasteiger partial charge in [0.05, 0.1) is 25.5 Å². The second kappa shape index (κ2) is 8.90. The fourth-order valence-corrected chi connectivity index (χ4v) is 2.81. The Morgan fingerprint density at radius 1 is 1.30 bits per heavy atom. The molecule has 0 unspecified atom stereocenters. The first-order valence-electron chi connectivity index (χ1n) is 7.12. The molecule has 0 aliphatic heterocycles. The highest BCUT2D eigenvalue weighted by Gasteiger charge is 2.15. The van der Waals surface area contributed by atoms with Crippen LogP contribution in [0.15, 0.2) is 29.4 Å². The van der Waals surface area contributed by atoms with Crippen LogP contribution in [0.1, 0.15) is 6.92 Å². The normalized spacial score (nSPS) is 10.7. The number of hydrogen-bond donors (Lipinski definition) is 0. The quantitative estimate of drug-likeness (QED) is 0.536. The molecule has 23 heavy (non-hydrogen) atoms. The molecule has 0 fully saturated rings. The number of methoxy groups -OCH3 is 1. The van der Waals surface area contributed by atoms with Gasteiger partial charge in [-0.2, -0.15) is 0 Å². The lowest BCUT2D eigenvalue weighted by atomic mass is 10.2. The van der Waals surface area contributed by atoms with E-state index in [1.165, 1.54) is 11.8 Å². The first kappa shape index (κ1) is 17.8. The molecule has 0 N–H and O–H groups in total. The lowest BCUT2D eigenvalue weighted by Crippen LogP contribution is -2.10. The van der Waals surface area contributed by atoms with Crippen LogP contribution in [0.5, 0.6) is 0 Å². The summed E-state index contributed by atoms with van der Waals surface area (Å²) in [4.78, 5) is 11.5. The van der Waals surface area contributed by atoms with E-state index in [2.05, 4.69) is 10.2 Å². The number of ether oxygens (including phenoxy) is 2. The van der Waals surface area contributed by atoms with E-state index >= 15 is 0 Å². The summed E-state index contributed by atoms with van der Waals surface area (Å²) >= 11 is 7.22. The third-order valence-corrected chi connectivity index (χ3v) is 4.15. The number of nitrogens with zero attached hydrogens (tertiary/aromatic N) is 3. The number of halogens is 1. The molecule has 124 valence electrons. The van der Waals surface area contributed by atoms with Gasteiger partial charge >= 0.3 is 5.97 Å². The standard InChI is InChI=1S/C15H18ClN3O3S/c1-3-22-13(20)10-23-15-18-17-14(19(15)8-9-21-2)11-4-6-12(16)7-5-11/h4-7H,3,8-10H2,1-2H3. The van der Waals surface area contributed by atoms with E-state index in [1.807, 2.05) is 16.7 Å². The number of carbonyl (C=O) groups excluding carboxylic acids is 1. The molecule has 1 heterocycles. The number of esters is 1. The van der Waals surface area contributed by atoms with E-state index in [9.17, 15) is 4.79 Å². The van der Waals surface area contributed by atoms with Gasteiger partial charge in [0.2, 0.25) is 0 Å². The summed E-state index contributed by atoms with van der Waals surface area (Å²) in [6.45, 7) is 3.26. The second-order valence-electron chi connectivity index (χ2n) is 4.55. The first-order valence-corrected chi connectivity index (χ1v) is 8.48. The zero-order valence-corrected chi connectivity index (χ0v) is 14.6. The smallest absolute Gasteiger partial charge is 0.316 e. The predicted octanol–water partition coefficient (Wildman–Crippen LogP) is 2.90. The van der Waals surface area contributed by atoms with Gasteiger partial charge in [0, 0.05) is 17.7 Å². The Morgan fingerprint density at radius 2 is 2.04 bits per heavy atom. The number of carbonyl (C=O) groups is 1. The van der Waals surface area contributed by atoms with E-state index in [1.54, 1.807) is 26.2 Å². The molecule has 2 aromatic rings. The molecule has 8 heteroatoms. The second-order valence-corrected chi connectivity index (χ2v) is 5.93. The number of benzene rings is 1. The topological polar surface area (TPSA) is 66.2 Å². The summed E-state index contributed by atoms with van der Waals surface area (Å²) in [6, 6.07) is 7.38. The van der Waals surface area contributed by atoms with Gasteiger partial charge in [-0.3, -0.25) is 9.36 Å². The largest absolute Gasteiger partial charge is 0.465 e. The molecular formula is C15H18ClN3O3S. The first-order chi connectivity index (χ1) is 11.2. The Morgan fingerprint density at radius 3 is 2.70 bits per heavy atom. The molecule has 2 rings (SSSR count). The minimum atomic E-state index is -0.271. The predicted molar refractivity (Wildman–Crippen MR) is 89.7 cm³/mol. The van der Waals surface area contributed by atoms with E-state index < -0.39 is 0 Å². The SMILES string of the molecule is CCOC(=O)CSc1nnc(-c2ccc(Cl)cc2)n1CCOC. The summed E-state index contributed by atoms with van der Waals surface area (Å²) in [5.41, 5.74) is 0.904. The maximum absolute atomic E-state index is 11.5. The molecule has 0 bridgehead atoms. The van der Waals surface area contributed by atoms with Crippen molar-refractivity contribution >= 4 is 29.3 Å². The molecule has 0 saturated heterocycles. The van der Waals surface area contributed by atoms with Crippen LogP contribution in [-0.2, 0) is 20.8 Å². The van der Waals surface area contributed by atoms with E-state index in [0.29, 0.717) is 35.8 Å². The molecule has 0 atom stereocenters. The Balaban J connectivity index is 2.21. The summed E-state index contributed by atoms with van der Waals surface area (Å²) in [7, 11) is 1.64. The lowest BCUT2D eigenvalue weighted by molar-refractivity contribution is -0.139. The van der Waals surface area contributed by atoms with Crippen LogP contribution >= 0.6 is 23.4 Å². The molecule has 0 aliphatic rings. The van der Waals surface area contributed by atoms with Gasteiger partial charge in [0.15, 0.2) is 11.0 Å². The zero-order valence-electron chi connectivity index (χ0n) is 13.0. The summed E-state index contributed by atoms with van der Waals surface area (Å²) < 4.78 is 12.0. The summed E-state index contributed by atoms with van der Waals surface area (Å²) in [5.74, 6) is 0.636. The maximum Gasteiger partial charge on any atom is 0.316 e. The Labute approximate surface area is 144 Å². The Kier molecular flexibility index (Phi) is 6.88. The Hall–Kier alpha value is -1.57. The monoisotopic (exact) mass is 355 g/mol. The van der Waals surface area contributed by atoms with E-state index in [4.69, 9.17) is 21.1 Å². The van der Waals surface area contributed by atoms with Gasteiger partial charge in [0.25, 0.3) is 0 Å². The third-order valence-electron chi connectivity index (χ3n) is 2.96. The highest BCUT2D eigenvalue weighted by molar-refractivity contribution is 7.99. The van der Waals surface area contributed by atoms with Crippen molar-refractivity contribution in [2.45, 2.75) is 18.6 Å². The lowest BCUT2D eigenvalue weighted by Gasteiger charge is -2.09. The fraction of sp³-hybridized carbons (Fsp3) is 0.400. The van der Waals surface area contributed by atoms with Crippen LogP contribution in [0.4, 0.5) is 0 Å². The molecule has 0 spiro atoms. The van der Waals surface area contributed by atoms with E-state index in [0.717, 1.165) is 5.56 Å². The average Bonchev–Trinajstić information content (AvgIpc) is 2.95. The van der Waals surface area contributed by atoms with Crippen molar-refractivity contribution < 1.29 is 14.3 Å². The molecule has 1 aromatic carbocycles. The molecule has 0 radical (unpaired) electrons. The molecule has 1 aromatic heterocycles. The summed E-state index contributed by atoms with van der Waals surface area (Å²) in [5, 5.41) is 9.73. The van der Waals surface area contributed by atoms with Crippen molar-refractivity contribution in [2.24, 2.45) is 0 Å². The van der Waals surface area contributed by atoms with Crippen LogP contribution in [-0.4, -0.2) is 46.8 Å². The van der Waals surface area contributed by atoms with Crippen molar-refractivity contribution in [1.82, 2.24) is 14.8 Å². The highest BCUT2D eigenvalue weighted by atomic mass is 35.5. The minimum absolute atomic E-state index is 0.194. The van der Waals surface area contributed by atoms with Gasteiger partial charge < -0.3 is 9.47 Å². The number of rotatable bonds is 8. The average molecular weight is 356 g/mol. The third kappa shape index (κ3) is 4.95. The maximum atomic E-state index is 11.5. The summed E-state index contributed by atoms with van der Waals surface area (Å²) in [6.07, 6.45) is 0. The van der Waals surface area contributed by atoms with Gasteiger partial charge in [-0.25, -0.2) is 0 Å². The van der Waals surface area contributed by atoms with Gasteiger partial charge in [0.1, 0.15) is 0 Å². The molecule has 0 aliphatic carbocycles. The fourth-order valence-electron chi connectivity index (χ4n) is 1.92.